The topological polar surface area (TPSA) is 23.1 Å². The molecule has 12 heavy (non-hydrogen) atoms. The van der Waals surface area contributed by atoms with Crippen molar-refractivity contribution in [2.45, 2.75) is 26.7 Å². The molecule has 0 bridgehead atoms. The van der Waals surface area contributed by atoms with Gasteiger partial charge >= 0.3 is 0 Å². The van der Waals surface area contributed by atoms with Gasteiger partial charge in [-0.15, -0.1) is 0 Å². The summed E-state index contributed by atoms with van der Waals surface area (Å²) in [5, 5.41) is 0. The maximum Gasteiger partial charge on any atom is 0.163 e. The second kappa shape index (κ2) is 6.20. The summed E-state index contributed by atoms with van der Waals surface area (Å²) in [6, 6.07) is 0. The summed E-state index contributed by atoms with van der Waals surface area (Å²) in [7, 11) is 0. The highest BCUT2D eigenvalue weighted by Gasteiger charge is 2.18. The zero-order valence-corrected chi connectivity index (χ0v) is 7.96. The van der Waals surface area contributed by atoms with Crippen LogP contribution in [0.25, 0.3) is 0 Å². The van der Waals surface area contributed by atoms with E-state index in [0.717, 1.165) is 0 Å². The molecule has 0 fully saturated rings. The van der Waals surface area contributed by atoms with E-state index < -0.39 is 11.2 Å². The van der Waals surface area contributed by atoms with Crippen molar-refractivity contribution in [3.8, 4) is 0 Å². The van der Waals surface area contributed by atoms with Crippen molar-refractivity contribution < 1.29 is 13.3 Å². The quantitative estimate of drug-likeness (QED) is 0.630. The maximum atomic E-state index is 12.0. The first-order valence-electron chi connectivity index (χ1n) is 3.71. The molecule has 4 heteroatoms. The van der Waals surface area contributed by atoms with E-state index in [-0.39, 0.29) is 22.5 Å². The molecular formula is C8H12F2OS. The van der Waals surface area contributed by atoms with Gasteiger partial charge in [0, 0.05) is 24.0 Å². The first-order valence-corrected chi connectivity index (χ1v) is 4.86. The number of hydrogen-bond acceptors (Lipinski definition) is 1. The smallest absolute Gasteiger partial charge is 0.163 e. The first-order chi connectivity index (χ1) is 5.71. The first kappa shape index (κ1) is 11.6. The minimum Gasteiger partial charge on any atom is -0.607 e. The third-order valence-corrected chi connectivity index (χ3v) is 3.12. The third-order valence-electron chi connectivity index (χ3n) is 1.42. The lowest BCUT2D eigenvalue weighted by Crippen LogP contribution is -2.05. The molecule has 0 saturated carbocycles. The fraction of sp³-hybridized carbons (Fsp3) is 0.500. The van der Waals surface area contributed by atoms with Gasteiger partial charge in [-0.1, -0.05) is 13.8 Å². The Morgan fingerprint density at radius 2 is 1.50 bits per heavy atom. The molecule has 70 valence electrons. The zero-order chi connectivity index (χ0) is 9.56. The fourth-order valence-electron chi connectivity index (χ4n) is 0.666. The highest BCUT2D eigenvalue weighted by Crippen LogP contribution is 2.22. The van der Waals surface area contributed by atoms with E-state index >= 15 is 0 Å². The van der Waals surface area contributed by atoms with Crippen molar-refractivity contribution in [3.63, 3.8) is 0 Å². The Morgan fingerprint density at radius 1 is 1.17 bits per heavy atom. The van der Waals surface area contributed by atoms with E-state index in [0.29, 0.717) is 12.8 Å². The predicted molar refractivity (Wildman–Crippen MR) is 47.1 cm³/mol. The monoisotopic (exact) mass is 194 g/mol. The van der Waals surface area contributed by atoms with Gasteiger partial charge in [0.1, 0.15) is 12.7 Å². The van der Waals surface area contributed by atoms with Gasteiger partial charge in [0.2, 0.25) is 0 Å². The van der Waals surface area contributed by atoms with Crippen LogP contribution in [0.1, 0.15) is 26.7 Å². The Hall–Kier alpha value is -0.350. The summed E-state index contributed by atoms with van der Waals surface area (Å²) in [4.78, 5) is 0.251. The summed E-state index contributed by atoms with van der Waals surface area (Å²) in [5.74, 6) is 0. The molecule has 0 atom stereocenters. The van der Waals surface area contributed by atoms with Crippen molar-refractivity contribution in [2.75, 3.05) is 0 Å². The molecule has 0 aromatic rings. The van der Waals surface area contributed by atoms with E-state index in [1.54, 1.807) is 13.8 Å². The molecule has 0 heterocycles. The highest BCUT2D eigenvalue weighted by atomic mass is 32.2. The van der Waals surface area contributed by atoms with Gasteiger partial charge in [0.05, 0.1) is 0 Å². The van der Waals surface area contributed by atoms with Crippen LogP contribution in [0.15, 0.2) is 22.5 Å². The molecule has 0 aromatic carbocycles. The summed E-state index contributed by atoms with van der Waals surface area (Å²) in [6.07, 6.45) is 1.24. The molecule has 0 spiro atoms. The third kappa shape index (κ3) is 2.95. The number of halogens is 2. The van der Waals surface area contributed by atoms with E-state index in [1.165, 1.54) is 0 Å². The Morgan fingerprint density at radius 3 is 1.67 bits per heavy atom. The Kier molecular flexibility index (Phi) is 6.02. The van der Waals surface area contributed by atoms with Gasteiger partial charge in [-0.3, -0.25) is 0 Å². The van der Waals surface area contributed by atoms with Crippen LogP contribution in [0.2, 0.25) is 0 Å². The fourth-order valence-corrected chi connectivity index (χ4v) is 1.69. The average molecular weight is 194 g/mol. The average Bonchev–Trinajstić information content (AvgIpc) is 2.09. The van der Waals surface area contributed by atoms with Crippen LogP contribution in [-0.4, -0.2) is 4.55 Å². The highest BCUT2D eigenvalue weighted by molar-refractivity contribution is 7.98. The van der Waals surface area contributed by atoms with Crippen LogP contribution in [0.5, 0.6) is 0 Å². The summed E-state index contributed by atoms with van der Waals surface area (Å²) < 4.78 is 35.3. The lowest BCUT2D eigenvalue weighted by Gasteiger charge is -2.11. The lowest BCUT2D eigenvalue weighted by molar-refractivity contribution is 0.598. The Balaban J connectivity index is 4.45. The van der Waals surface area contributed by atoms with Crippen LogP contribution >= 0.6 is 0 Å². The van der Waals surface area contributed by atoms with Crippen LogP contribution in [0.4, 0.5) is 8.78 Å². The van der Waals surface area contributed by atoms with Gasteiger partial charge < -0.3 is 4.55 Å². The van der Waals surface area contributed by atoms with E-state index in [4.69, 9.17) is 0 Å². The lowest BCUT2D eigenvalue weighted by atomic mass is 10.5. The van der Waals surface area contributed by atoms with E-state index in [9.17, 15) is 13.3 Å². The van der Waals surface area contributed by atoms with Crippen LogP contribution in [0, 0.1) is 0 Å². The van der Waals surface area contributed by atoms with Crippen LogP contribution < -0.4 is 0 Å². The van der Waals surface area contributed by atoms with Gasteiger partial charge in [-0.2, -0.15) is 0 Å². The SMILES string of the molecule is CCC(=CF)[S+]([O-])C(=CF)CC. The number of rotatable bonds is 4. The second-order valence-corrected chi connectivity index (χ2v) is 3.71. The van der Waals surface area contributed by atoms with Gasteiger partial charge in [0.25, 0.3) is 0 Å². The molecule has 0 aliphatic carbocycles. The molecule has 0 amide bonds. The standard InChI is InChI=1S/C8H12F2OS/c1-3-7(5-9)12(11)8(4-2)6-10/h5-6H,3-4H2,1-2H3. The van der Waals surface area contributed by atoms with Crippen molar-refractivity contribution >= 4 is 11.2 Å². The molecule has 0 saturated heterocycles. The van der Waals surface area contributed by atoms with Crippen LogP contribution in [-0.2, 0) is 11.2 Å². The predicted octanol–water partition coefficient (Wildman–Crippen LogP) is 3.18. The summed E-state index contributed by atoms with van der Waals surface area (Å²) >= 11 is -1.62. The molecule has 0 rings (SSSR count). The number of hydrogen-bond donors (Lipinski definition) is 0. The molecule has 0 N–H and O–H groups in total. The van der Waals surface area contributed by atoms with Crippen molar-refractivity contribution in [3.05, 3.63) is 22.5 Å². The summed E-state index contributed by atoms with van der Waals surface area (Å²) in [5.41, 5.74) is 0. The van der Waals surface area contributed by atoms with Gasteiger partial charge in [-0.25, -0.2) is 8.78 Å². The molecule has 0 unspecified atom stereocenters. The summed E-state index contributed by atoms with van der Waals surface area (Å²) in [6.45, 7) is 3.35. The van der Waals surface area contributed by atoms with Gasteiger partial charge in [0.15, 0.2) is 9.81 Å². The van der Waals surface area contributed by atoms with Crippen LogP contribution in [0.3, 0.4) is 0 Å². The van der Waals surface area contributed by atoms with Crippen molar-refractivity contribution in [2.24, 2.45) is 0 Å². The van der Waals surface area contributed by atoms with E-state index in [2.05, 4.69) is 0 Å². The minimum absolute atomic E-state index is 0.126. The van der Waals surface area contributed by atoms with Crippen molar-refractivity contribution in [1.82, 2.24) is 0 Å². The van der Waals surface area contributed by atoms with Crippen molar-refractivity contribution in [1.29, 1.82) is 0 Å². The molecule has 0 aliphatic rings. The minimum atomic E-state index is -1.62. The number of allylic oxidation sites excluding steroid dienone is 2. The molecule has 0 radical (unpaired) electrons. The second-order valence-electron chi connectivity index (χ2n) is 2.13. The van der Waals surface area contributed by atoms with Gasteiger partial charge in [-0.05, 0) is 0 Å². The molecule has 0 aliphatic heterocycles. The molecule has 1 nitrogen and oxygen atoms in total. The molecule has 0 aromatic heterocycles. The zero-order valence-electron chi connectivity index (χ0n) is 7.14. The Bertz CT molecular complexity index is 169. The van der Waals surface area contributed by atoms with E-state index in [1.807, 2.05) is 0 Å². The maximum absolute atomic E-state index is 12.0. The Labute approximate surface area is 74.3 Å². The normalized spacial score (nSPS) is 16.4. The molecular weight excluding hydrogens is 182 g/mol. The largest absolute Gasteiger partial charge is 0.607 e.